The van der Waals surface area contributed by atoms with E-state index in [9.17, 15) is 4.79 Å². The molecular weight excluding hydrogens is 230 g/mol. The second-order valence-electron chi connectivity index (χ2n) is 3.61. The fraction of sp³-hybridized carbons (Fsp3) is 0.300. The molecule has 0 bridgehead atoms. The first kappa shape index (κ1) is 10.9. The highest BCUT2D eigenvalue weighted by Crippen LogP contribution is 2.20. The summed E-state index contributed by atoms with van der Waals surface area (Å²) in [4.78, 5) is 10.6. The molecule has 1 aromatic heterocycles. The number of halogens is 1. The Hall–Kier alpha value is -1.62. The zero-order valence-electron chi connectivity index (χ0n) is 8.59. The van der Waals surface area contributed by atoms with Crippen molar-refractivity contribution in [2.24, 2.45) is 0 Å². The van der Waals surface area contributed by atoms with Crippen molar-refractivity contribution in [2.45, 2.75) is 19.4 Å². The molecule has 0 aliphatic rings. The van der Waals surface area contributed by atoms with Crippen molar-refractivity contribution in [3.63, 3.8) is 0 Å². The molecule has 16 heavy (non-hydrogen) atoms. The van der Waals surface area contributed by atoms with Gasteiger partial charge in [-0.15, -0.1) is 5.10 Å². The molecule has 0 fully saturated rings. The van der Waals surface area contributed by atoms with E-state index in [0.29, 0.717) is 10.5 Å². The van der Waals surface area contributed by atoms with Crippen LogP contribution in [0, 0.1) is 0 Å². The van der Waals surface area contributed by atoms with Crippen molar-refractivity contribution in [1.29, 1.82) is 0 Å². The highest BCUT2D eigenvalue weighted by molar-refractivity contribution is 6.31. The minimum absolute atomic E-state index is 0.0150. The van der Waals surface area contributed by atoms with Gasteiger partial charge in [-0.25, -0.2) is 4.68 Å². The molecule has 0 spiro atoms. The highest BCUT2D eigenvalue weighted by Gasteiger charge is 2.14. The van der Waals surface area contributed by atoms with Crippen LogP contribution in [0.25, 0.3) is 11.0 Å². The third-order valence-corrected chi connectivity index (χ3v) is 2.56. The van der Waals surface area contributed by atoms with Crippen LogP contribution in [0.1, 0.15) is 19.4 Å². The van der Waals surface area contributed by atoms with Crippen LogP contribution in [-0.2, 0) is 4.79 Å². The second kappa shape index (κ2) is 4.09. The molecule has 2 aromatic rings. The summed E-state index contributed by atoms with van der Waals surface area (Å²) in [6, 6.07) is 4.99. The number of benzene rings is 1. The van der Waals surface area contributed by atoms with Gasteiger partial charge in [0.15, 0.2) is 0 Å². The molecule has 2 rings (SSSR count). The molecule has 0 amide bonds. The molecule has 1 atom stereocenters. The number of fused-ring (bicyclic) bond motifs is 1. The Labute approximate surface area is 96.6 Å². The molecule has 6 heteroatoms. The number of carboxylic acids is 1. The van der Waals surface area contributed by atoms with Crippen LogP contribution in [0.4, 0.5) is 0 Å². The molecule has 0 saturated heterocycles. The summed E-state index contributed by atoms with van der Waals surface area (Å²) in [6.07, 6.45) is 0.0150. The maximum Gasteiger partial charge on any atom is 0.305 e. The summed E-state index contributed by atoms with van der Waals surface area (Å²) in [5.41, 5.74) is 1.46. The third-order valence-electron chi connectivity index (χ3n) is 2.32. The standard InChI is InChI=1S/C10H10ClN3O2/c1-6(4-10(15)16)14-9-3-2-7(11)5-8(9)12-13-14/h2-3,5-6H,4H2,1H3,(H,15,16). The number of nitrogens with zero attached hydrogens (tertiary/aromatic N) is 3. The van der Waals surface area contributed by atoms with E-state index in [2.05, 4.69) is 10.3 Å². The summed E-state index contributed by atoms with van der Waals surface area (Å²) in [6.45, 7) is 1.79. The van der Waals surface area contributed by atoms with Gasteiger partial charge in [0.1, 0.15) is 5.52 Å². The average Bonchev–Trinajstić information content (AvgIpc) is 2.59. The fourth-order valence-corrected chi connectivity index (χ4v) is 1.75. The average molecular weight is 240 g/mol. The Morgan fingerprint density at radius 2 is 2.38 bits per heavy atom. The summed E-state index contributed by atoms with van der Waals surface area (Å²) < 4.78 is 1.60. The summed E-state index contributed by atoms with van der Waals surface area (Å²) in [5, 5.41) is 17.2. The normalized spacial score (nSPS) is 12.9. The second-order valence-corrected chi connectivity index (χ2v) is 4.05. The summed E-state index contributed by atoms with van der Waals surface area (Å²) in [5.74, 6) is -0.856. The van der Waals surface area contributed by atoms with Gasteiger partial charge in [0, 0.05) is 5.02 Å². The molecule has 1 aromatic carbocycles. The predicted molar refractivity (Wildman–Crippen MR) is 59.5 cm³/mol. The zero-order valence-corrected chi connectivity index (χ0v) is 9.35. The SMILES string of the molecule is CC(CC(=O)O)n1nnc2cc(Cl)ccc21. The van der Waals surface area contributed by atoms with E-state index in [1.54, 1.807) is 29.8 Å². The predicted octanol–water partition coefficient (Wildman–Crippen LogP) is 2.12. The Kier molecular flexibility index (Phi) is 2.78. The van der Waals surface area contributed by atoms with Gasteiger partial charge < -0.3 is 5.11 Å². The number of aromatic nitrogens is 3. The van der Waals surface area contributed by atoms with E-state index < -0.39 is 5.97 Å². The van der Waals surface area contributed by atoms with Crippen LogP contribution in [-0.4, -0.2) is 26.1 Å². The van der Waals surface area contributed by atoms with Gasteiger partial charge >= 0.3 is 5.97 Å². The van der Waals surface area contributed by atoms with Gasteiger partial charge in [0.05, 0.1) is 18.0 Å². The lowest BCUT2D eigenvalue weighted by atomic mass is 10.2. The van der Waals surface area contributed by atoms with Crippen LogP contribution >= 0.6 is 11.6 Å². The molecule has 84 valence electrons. The molecule has 0 saturated carbocycles. The van der Waals surface area contributed by atoms with Crippen LogP contribution in [0.5, 0.6) is 0 Å². The number of hydrogen-bond donors (Lipinski definition) is 1. The number of carbonyl (C=O) groups is 1. The van der Waals surface area contributed by atoms with Crippen molar-refractivity contribution in [3.05, 3.63) is 23.2 Å². The van der Waals surface area contributed by atoms with Gasteiger partial charge in [0.25, 0.3) is 0 Å². The topological polar surface area (TPSA) is 68.0 Å². The number of aliphatic carboxylic acids is 1. The number of hydrogen-bond acceptors (Lipinski definition) is 3. The van der Waals surface area contributed by atoms with Gasteiger partial charge in [0.2, 0.25) is 0 Å². The molecule has 0 aliphatic heterocycles. The van der Waals surface area contributed by atoms with E-state index >= 15 is 0 Å². The molecule has 1 N–H and O–H groups in total. The zero-order chi connectivity index (χ0) is 11.7. The lowest BCUT2D eigenvalue weighted by molar-refractivity contribution is -0.137. The Bertz CT molecular complexity index is 538. The summed E-state index contributed by atoms with van der Waals surface area (Å²) in [7, 11) is 0. The lowest BCUT2D eigenvalue weighted by Gasteiger charge is -2.09. The fourth-order valence-electron chi connectivity index (χ4n) is 1.58. The van der Waals surface area contributed by atoms with Gasteiger partial charge in [-0.1, -0.05) is 16.8 Å². The molecule has 1 unspecified atom stereocenters. The van der Waals surface area contributed by atoms with Crippen molar-refractivity contribution in [3.8, 4) is 0 Å². The Balaban J connectivity index is 2.41. The summed E-state index contributed by atoms with van der Waals surface area (Å²) >= 11 is 5.82. The monoisotopic (exact) mass is 239 g/mol. The number of rotatable bonds is 3. The smallest absolute Gasteiger partial charge is 0.305 e. The maximum atomic E-state index is 10.6. The van der Waals surface area contributed by atoms with E-state index in [1.165, 1.54) is 0 Å². The Morgan fingerprint density at radius 3 is 3.06 bits per heavy atom. The van der Waals surface area contributed by atoms with Crippen LogP contribution in [0.2, 0.25) is 5.02 Å². The lowest BCUT2D eigenvalue weighted by Crippen LogP contribution is -2.11. The van der Waals surface area contributed by atoms with Gasteiger partial charge in [-0.3, -0.25) is 4.79 Å². The minimum Gasteiger partial charge on any atom is -0.481 e. The first-order valence-electron chi connectivity index (χ1n) is 4.80. The first-order chi connectivity index (χ1) is 7.58. The minimum atomic E-state index is -0.856. The van der Waals surface area contributed by atoms with Crippen LogP contribution in [0.3, 0.4) is 0 Å². The van der Waals surface area contributed by atoms with Crippen molar-refractivity contribution in [1.82, 2.24) is 15.0 Å². The van der Waals surface area contributed by atoms with E-state index in [0.717, 1.165) is 5.52 Å². The molecule has 0 radical (unpaired) electrons. The van der Waals surface area contributed by atoms with Crippen molar-refractivity contribution < 1.29 is 9.90 Å². The maximum absolute atomic E-state index is 10.6. The Morgan fingerprint density at radius 1 is 1.62 bits per heavy atom. The number of carboxylic acid groups (broad SMARTS) is 1. The van der Waals surface area contributed by atoms with Crippen molar-refractivity contribution >= 4 is 28.6 Å². The molecule has 1 heterocycles. The van der Waals surface area contributed by atoms with E-state index in [1.807, 2.05) is 0 Å². The molecular formula is C10H10ClN3O2. The largest absolute Gasteiger partial charge is 0.481 e. The van der Waals surface area contributed by atoms with Gasteiger partial charge in [-0.05, 0) is 25.1 Å². The molecule has 5 nitrogen and oxygen atoms in total. The van der Waals surface area contributed by atoms with E-state index in [4.69, 9.17) is 16.7 Å². The third kappa shape index (κ3) is 1.99. The van der Waals surface area contributed by atoms with E-state index in [-0.39, 0.29) is 12.5 Å². The van der Waals surface area contributed by atoms with Gasteiger partial charge in [-0.2, -0.15) is 0 Å². The highest BCUT2D eigenvalue weighted by atomic mass is 35.5. The van der Waals surface area contributed by atoms with Crippen LogP contribution < -0.4 is 0 Å². The quantitative estimate of drug-likeness (QED) is 0.891. The first-order valence-corrected chi connectivity index (χ1v) is 5.18. The molecule has 0 aliphatic carbocycles. The van der Waals surface area contributed by atoms with Crippen LogP contribution in [0.15, 0.2) is 18.2 Å². The van der Waals surface area contributed by atoms with Crippen molar-refractivity contribution in [2.75, 3.05) is 0 Å².